The topological polar surface area (TPSA) is 32.3 Å². The Hall–Kier alpha value is -0.600. The molecule has 2 N–H and O–H groups in total. The molecule has 2 atom stereocenters. The van der Waals surface area contributed by atoms with Crippen molar-refractivity contribution in [2.24, 2.45) is 0 Å². The van der Waals surface area contributed by atoms with E-state index in [-0.39, 0.29) is 6.10 Å². The molecule has 0 amide bonds. The fraction of sp³-hybridized carbons (Fsp3) is 0.636. The van der Waals surface area contributed by atoms with Crippen molar-refractivity contribution in [3.63, 3.8) is 0 Å². The minimum Gasteiger partial charge on any atom is -0.388 e. The summed E-state index contributed by atoms with van der Waals surface area (Å²) in [5.41, 5.74) is 4.31. The van der Waals surface area contributed by atoms with Gasteiger partial charge in [0.1, 0.15) is 0 Å². The van der Waals surface area contributed by atoms with Gasteiger partial charge in [-0.15, -0.1) is 0 Å². The van der Waals surface area contributed by atoms with E-state index in [2.05, 4.69) is 11.4 Å². The lowest BCUT2D eigenvalue weighted by Crippen LogP contribution is -2.34. The molecule has 0 aromatic rings. The van der Waals surface area contributed by atoms with E-state index >= 15 is 0 Å². The van der Waals surface area contributed by atoms with Gasteiger partial charge in [-0.05, 0) is 43.4 Å². The Balaban J connectivity index is 2.10. The first-order chi connectivity index (χ1) is 6.36. The maximum Gasteiger partial charge on any atom is 0.0808 e. The van der Waals surface area contributed by atoms with Crippen LogP contribution < -0.4 is 5.32 Å². The van der Waals surface area contributed by atoms with E-state index in [1.54, 1.807) is 5.57 Å². The molecular weight excluding hydrogens is 162 g/mol. The van der Waals surface area contributed by atoms with E-state index in [1.165, 1.54) is 24.0 Å². The Morgan fingerprint density at radius 1 is 1.38 bits per heavy atom. The average molecular weight is 177 g/mol. The Labute approximate surface area is 78.3 Å². The number of rotatable bonds is 0. The highest BCUT2D eigenvalue weighted by Crippen LogP contribution is 2.41. The molecule has 3 rings (SSSR count). The Morgan fingerprint density at radius 3 is 3.23 bits per heavy atom. The van der Waals surface area contributed by atoms with Crippen molar-refractivity contribution >= 4 is 0 Å². The lowest BCUT2D eigenvalue weighted by atomic mass is 9.87. The molecule has 13 heavy (non-hydrogen) atoms. The SMILES string of the molecule is OC1CC2NCCC3=C2C1=CCC3. The number of nitrogens with one attached hydrogen (secondary N) is 1. The van der Waals surface area contributed by atoms with E-state index in [0.29, 0.717) is 6.04 Å². The third kappa shape index (κ3) is 1.02. The number of aliphatic hydroxyl groups is 1. The molecule has 2 unspecified atom stereocenters. The first-order valence-corrected chi connectivity index (χ1v) is 5.20. The van der Waals surface area contributed by atoms with Gasteiger partial charge >= 0.3 is 0 Å². The van der Waals surface area contributed by atoms with Crippen LogP contribution in [0.25, 0.3) is 0 Å². The van der Waals surface area contributed by atoms with Crippen molar-refractivity contribution in [1.29, 1.82) is 0 Å². The third-order valence-corrected chi connectivity index (χ3v) is 3.49. The van der Waals surface area contributed by atoms with Gasteiger partial charge < -0.3 is 10.4 Å². The number of aliphatic hydroxyl groups excluding tert-OH is 1. The minimum absolute atomic E-state index is 0.194. The van der Waals surface area contributed by atoms with E-state index in [4.69, 9.17) is 0 Å². The van der Waals surface area contributed by atoms with Gasteiger partial charge in [0.2, 0.25) is 0 Å². The molecule has 2 heteroatoms. The molecule has 3 aliphatic rings. The van der Waals surface area contributed by atoms with Crippen LogP contribution in [-0.4, -0.2) is 23.8 Å². The van der Waals surface area contributed by atoms with Crippen LogP contribution >= 0.6 is 0 Å². The quantitative estimate of drug-likeness (QED) is 0.581. The van der Waals surface area contributed by atoms with Gasteiger partial charge in [0.15, 0.2) is 0 Å². The Morgan fingerprint density at radius 2 is 2.31 bits per heavy atom. The van der Waals surface area contributed by atoms with Crippen molar-refractivity contribution in [3.8, 4) is 0 Å². The van der Waals surface area contributed by atoms with Crippen molar-refractivity contribution in [2.45, 2.75) is 37.8 Å². The highest BCUT2D eigenvalue weighted by molar-refractivity contribution is 5.49. The van der Waals surface area contributed by atoms with Crippen LogP contribution in [0.5, 0.6) is 0 Å². The van der Waals surface area contributed by atoms with Crippen LogP contribution in [0.3, 0.4) is 0 Å². The van der Waals surface area contributed by atoms with Gasteiger partial charge in [0.05, 0.1) is 6.10 Å². The lowest BCUT2D eigenvalue weighted by molar-refractivity contribution is 0.211. The predicted octanol–water partition coefficient (Wildman–Crippen LogP) is 1.13. The molecule has 2 nitrogen and oxygen atoms in total. The van der Waals surface area contributed by atoms with Crippen LogP contribution in [0.1, 0.15) is 25.7 Å². The average Bonchev–Trinajstić information content (AvgIpc) is 2.47. The number of hydrogen-bond acceptors (Lipinski definition) is 2. The maximum absolute atomic E-state index is 9.83. The zero-order chi connectivity index (χ0) is 8.84. The zero-order valence-electron chi connectivity index (χ0n) is 7.71. The first kappa shape index (κ1) is 7.77. The van der Waals surface area contributed by atoms with Crippen LogP contribution in [-0.2, 0) is 0 Å². The summed E-state index contributed by atoms with van der Waals surface area (Å²) in [6.45, 7) is 1.10. The minimum atomic E-state index is -0.194. The summed E-state index contributed by atoms with van der Waals surface area (Å²) >= 11 is 0. The van der Waals surface area contributed by atoms with Crippen molar-refractivity contribution in [2.75, 3.05) is 6.54 Å². The first-order valence-electron chi connectivity index (χ1n) is 5.20. The van der Waals surface area contributed by atoms with E-state index < -0.39 is 0 Å². The fourth-order valence-electron chi connectivity index (χ4n) is 2.92. The molecular formula is C11H15NO. The summed E-state index contributed by atoms with van der Waals surface area (Å²) in [6, 6.07) is 0.463. The predicted molar refractivity (Wildman–Crippen MR) is 51.4 cm³/mol. The lowest BCUT2D eigenvalue weighted by Gasteiger charge is -2.27. The van der Waals surface area contributed by atoms with Crippen LogP contribution in [0.2, 0.25) is 0 Å². The molecule has 0 aromatic heterocycles. The molecule has 0 aromatic carbocycles. The van der Waals surface area contributed by atoms with Gasteiger partial charge in [-0.3, -0.25) is 0 Å². The highest BCUT2D eigenvalue weighted by Gasteiger charge is 2.37. The van der Waals surface area contributed by atoms with Crippen molar-refractivity contribution < 1.29 is 5.11 Å². The van der Waals surface area contributed by atoms with Gasteiger partial charge in [-0.2, -0.15) is 0 Å². The fourth-order valence-corrected chi connectivity index (χ4v) is 2.92. The number of allylic oxidation sites excluding steroid dienone is 1. The standard InChI is InChI=1S/C11H15NO/c13-10-6-9-11-7(4-5-12-9)2-1-3-8(10)11/h3,9-10,12-13H,1-2,4-6H2. The zero-order valence-corrected chi connectivity index (χ0v) is 7.71. The van der Waals surface area contributed by atoms with Crippen LogP contribution in [0, 0.1) is 0 Å². The Kier molecular flexibility index (Phi) is 1.61. The molecule has 1 heterocycles. The second-order valence-corrected chi connectivity index (χ2v) is 4.22. The molecule has 0 bridgehead atoms. The van der Waals surface area contributed by atoms with E-state index in [0.717, 1.165) is 19.4 Å². The number of hydrogen-bond donors (Lipinski definition) is 2. The molecule has 0 radical (unpaired) electrons. The molecule has 0 spiro atoms. The summed E-state index contributed by atoms with van der Waals surface area (Å²) in [4.78, 5) is 0. The van der Waals surface area contributed by atoms with E-state index in [1.807, 2.05) is 0 Å². The Bertz CT molecular complexity index is 303. The third-order valence-electron chi connectivity index (χ3n) is 3.49. The highest BCUT2D eigenvalue weighted by atomic mass is 16.3. The second-order valence-electron chi connectivity index (χ2n) is 4.22. The van der Waals surface area contributed by atoms with Gasteiger partial charge in [0, 0.05) is 6.04 Å². The monoisotopic (exact) mass is 177 g/mol. The summed E-state index contributed by atoms with van der Waals surface area (Å²) in [7, 11) is 0. The molecule has 1 aliphatic heterocycles. The normalized spacial score (nSPS) is 37.5. The molecule has 1 fully saturated rings. The van der Waals surface area contributed by atoms with Crippen molar-refractivity contribution in [3.05, 3.63) is 22.8 Å². The van der Waals surface area contributed by atoms with Gasteiger partial charge in [-0.1, -0.05) is 11.6 Å². The summed E-state index contributed by atoms with van der Waals surface area (Å²) in [5.74, 6) is 0. The van der Waals surface area contributed by atoms with E-state index in [9.17, 15) is 5.11 Å². The maximum atomic E-state index is 9.83. The van der Waals surface area contributed by atoms with Crippen LogP contribution in [0.4, 0.5) is 0 Å². The van der Waals surface area contributed by atoms with Gasteiger partial charge in [-0.25, -0.2) is 0 Å². The molecule has 70 valence electrons. The van der Waals surface area contributed by atoms with Gasteiger partial charge in [0.25, 0.3) is 0 Å². The summed E-state index contributed by atoms with van der Waals surface area (Å²) < 4.78 is 0. The molecule has 2 aliphatic carbocycles. The summed E-state index contributed by atoms with van der Waals surface area (Å²) in [5, 5.41) is 13.3. The molecule has 1 saturated carbocycles. The van der Waals surface area contributed by atoms with Crippen molar-refractivity contribution in [1.82, 2.24) is 5.32 Å². The van der Waals surface area contributed by atoms with Crippen LogP contribution in [0.15, 0.2) is 22.8 Å². The largest absolute Gasteiger partial charge is 0.388 e. The molecule has 0 saturated heterocycles. The second kappa shape index (κ2) is 2.69. The summed E-state index contributed by atoms with van der Waals surface area (Å²) in [6.07, 6.45) is 6.49. The smallest absolute Gasteiger partial charge is 0.0808 e.